The molecule has 1 aromatic carbocycles. The SMILES string of the molecule is Cc1nc(CN(C)C(=O)C2COc3ccccc32)n[nH]1. The second-order valence-electron chi connectivity index (χ2n) is 4.93. The number of likely N-dealkylation sites (N-methyl/N-ethyl adjacent to an activating group) is 1. The first-order valence-electron chi connectivity index (χ1n) is 6.49. The van der Waals surface area contributed by atoms with Crippen LogP contribution in [0.25, 0.3) is 0 Å². The molecular weight excluding hydrogens is 256 g/mol. The van der Waals surface area contributed by atoms with Gasteiger partial charge in [-0.2, -0.15) is 5.10 Å². The average Bonchev–Trinajstić information content (AvgIpc) is 3.04. The molecule has 20 heavy (non-hydrogen) atoms. The number of hydrogen-bond donors (Lipinski definition) is 1. The summed E-state index contributed by atoms with van der Waals surface area (Å²) in [5.74, 6) is 1.95. The van der Waals surface area contributed by atoms with Gasteiger partial charge in [-0.1, -0.05) is 18.2 Å². The van der Waals surface area contributed by atoms with Crippen LogP contribution in [0.3, 0.4) is 0 Å². The first-order chi connectivity index (χ1) is 9.65. The summed E-state index contributed by atoms with van der Waals surface area (Å²) in [7, 11) is 1.76. The second kappa shape index (κ2) is 4.96. The van der Waals surface area contributed by atoms with E-state index in [1.807, 2.05) is 31.2 Å². The highest BCUT2D eigenvalue weighted by atomic mass is 16.5. The molecule has 6 nitrogen and oxygen atoms in total. The van der Waals surface area contributed by atoms with E-state index in [2.05, 4.69) is 15.2 Å². The maximum atomic E-state index is 12.5. The molecular formula is C14H16N4O2. The smallest absolute Gasteiger partial charge is 0.233 e. The van der Waals surface area contributed by atoms with Crippen LogP contribution in [-0.4, -0.2) is 39.6 Å². The van der Waals surface area contributed by atoms with Crippen molar-refractivity contribution in [3.8, 4) is 5.75 Å². The molecule has 0 bridgehead atoms. The van der Waals surface area contributed by atoms with Gasteiger partial charge in [-0.3, -0.25) is 9.89 Å². The summed E-state index contributed by atoms with van der Waals surface area (Å²) in [5.41, 5.74) is 0.954. The molecule has 1 N–H and O–H groups in total. The zero-order chi connectivity index (χ0) is 14.1. The van der Waals surface area contributed by atoms with Gasteiger partial charge in [0.15, 0.2) is 5.82 Å². The van der Waals surface area contributed by atoms with Crippen LogP contribution in [0.5, 0.6) is 5.75 Å². The number of rotatable bonds is 3. The minimum absolute atomic E-state index is 0.0254. The summed E-state index contributed by atoms with van der Waals surface area (Å²) in [6.45, 7) is 2.62. The van der Waals surface area contributed by atoms with Crippen molar-refractivity contribution in [1.29, 1.82) is 0 Å². The van der Waals surface area contributed by atoms with Crippen molar-refractivity contribution in [3.05, 3.63) is 41.5 Å². The molecule has 1 atom stereocenters. The highest BCUT2D eigenvalue weighted by Gasteiger charge is 2.32. The quantitative estimate of drug-likeness (QED) is 0.912. The molecule has 104 valence electrons. The lowest BCUT2D eigenvalue weighted by molar-refractivity contribution is -0.132. The minimum atomic E-state index is -0.240. The molecule has 0 radical (unpaired) electrons. The number of aromatic amines is 1. The number of para-hydroxylation sites is 1. The third-order valence-corrected chi connectivity index (χ3v) is 3.40. The van der Waals surface area contributed by atoms with E-state index in [0.29, 0.717) is 19.0 Å². The van der Waals surface area contributed by atoms with E-state index in [1.165, 1.54) is 0 Å². The van der Waals surface area contributed by atoms with Crippen molar-refractivity contribution in [2.75, 3.05) is 13.7 Å². The van der Waals surface area contributed by atoms with Crippen LogP contribution in [0, 0.1) is 6.92 Å². The Balaban J connectivity index is 1.73. The Labute approximate surface area is 116 Å². The maximum absolute atomic E-state index is 12.5. The third kappa shape index (κ3) is 2.24. The predicted octanol–water partition coefficient (Wildman–Crippen LogP) is 1.25. The normalized spacial score (nSPS) is 16.6. The number of H-pyrrole nitrogens is 1. The monoisotopic (exact) mass is 272 g/mol. The van der Waals surface area contributed by atoms with Gasteiger partial charge < -0.3 is 9.64 Å². The first-order valence-corrected chi connectivity index (χ1v) is 6.49. The summed E-state index contributed by atoms with van der Waals surface area (Å²) in [4.78, 5) is 18.3. The fourth-order valence-corrected chi connectivity index (χ4v) is 2.38. The van der Waals surface area contributed by atoms with E-state index in [0.717, 1.165) is 17.1 Å². The van der Waals surface area contributed by atoms with Gasteiger partial charge in [0, 0.05) is 12.6 Å². The molecule has 1 amide bonds. The van der Waals surface area contributed by atoms with E-state index in [4.69, 9.17) is 4.74 Å². The first kappa shape index (κ1) is 12.7. The number of nitrogens with zero attached hydrogens (tertiary/aromatic N) is 3. The van der Waals surface area contributed by atoms with Crippen molar-refractivity contribution in [1.82, 2.24) is 20.1 Å². The Hall–Kier alpha value is -2.37. The lowest BCUT2D eigenvalue weighted by atomic mass is 10.00. The second-order valence-corrected chi connectivity index (χ2v) is 4.93. The van der Waals surface area contributed by atoms with Gasteiger partial charge in [0.25, 0.3) is 0 Å². The molecule has 0 saturated carbocycles. The number of nitrogens with one attached hydrogen (secondary N) is 1. The number of aryl methyl sites for hydroxylation is 1. The standard InChI is InChI=1S/C14H16N4O2/c1-9-15-13(17-16-9)7-18(2)14(19)11-8-20-12-6-4-3-5-10(11)12/h3-6,11H,7-8H2,1-2H3,(H,15,16,17). The van der Waals surface area contributed by atoms with Crippen molar-refractivity contribution in [3.63, 3.8) is 0 Å². The summed E-state index contributed by atoms with van der Waals surface area (Å²) < 4.78 is 5.55. The molecule has 0 aliphatic carbocycles. The number of benzene rings is 1. The number of carbonyl (C=O) groups is 1. The Bertz CT molecular complexity index is 638. The molecule has 0 fully saturated rings. The summed E-state index contributed by atoms with van der Waals surface area (Å²) >= 11 is 0. The van der Waals surface area contributed by atoms with Crippen molar-refractivity contribution in [2.24, 2.45) is 0 Å². The fraction of sp³-hybridized carbons (Fsp3) is 0.357. The fourth-order valence-electron chi connectivity index (χ4n) is 2.38. The molecule has 0 saturated heterocycles. The largest absolute Gasteiger partial charge is 0.492 e. The molecule has 0 spiro atoms. The van der Waals surface area contributed by atoms with E-state index in [1.54, 1.807) is 11.9 Å². The van der Waals surface area contributed by atoms with E-state index < -0.39 is 0 Å². The molecule has 6 heteroatoms. The number of amides is 1. The van der Waals surface area contributed by atoms with Crippen LogP contribution in [0.2, 0.25) is 0 Å². The van der Waals surface area contributed by atoms with Crippen LogP contribution in [0.4, 0.5) is 0 Å². The lowest BCUT2D eigenvalue weighted by Crippen LogP contribution is -2.32. The Morgan fingerprint density at radius 1 is 1.50 bits per heavy atom. The van der Waals surface area contributed by atoms with Crippen LogP contribution >= 0.6 is 0 Å². The molecule has 1 unspecified atom stereocenters. The van der Waals surface area contributed by atoms with Crippen LogP contribution in [0.15, 0.2) is 24.3 Å². The molecule has 2 heterocycles. The molecule has 1 aromatic heterocycles. The number of carbonyl (C=O) groups excluding carboxylic acids is 1. The Kier molecular flexibility index (Phi) is 3.14. The highest BCUT2D eigenvalue weighted by molar-refractivity contribution is 5.85. The zero-order valence-electron chi connectivity index (χ0n) is 11.5. The zero-order valence-corrected chi connectivity index (χ0v) is 11.5. The molecule has 2 aromatic rings. The van der Waals surface area contributed by atoms with Crippen molar-refractivity contribution >= 4 is 5.91 Å². The number of ether oxygens (including phenoxy) is 1. The van der Waals surface area contributed by atoms with Gasteiger partial charge in [0.05, 0.1) is 6.54 Å². The summed E-state index contributed by atoms with van der Waals surface area (Å²) in [6, 6.07) is 7.66. The number of hydrogen-bond acceptors (Lipinski definition) is 4. The molecule has 1 aliphatic heterocycles. The van der Waals surface area contributed by atoms with E-state index in [9.17, 15) is 4.79 Å². The average molecular weight is 272 g/mol. The summed E-state index contributed by atoms with van der Waals surface area (Å²) in [5, 5.41) is 6.82. The van der Waals surface area contributed by atoms with Gasteiger partial charge in [-0.25, -0.2) is 4.98 Å². The maximum Gasteiger partial charge on any atom is 0.233 e. The van der Waals surface area contributed by atoms with E-state index in [-0.39, 0.29) is 11.8 Å². The van der Waals surface area contributed by atoms with Gasteiger partial charge in [-0.15, -0.1) is 0 Å². The van der Waals surface area contributed by atoms with Gasteiger partial charge in [0.2, 0.25) is 5.91 Å². The van der Waals surface area contributed by atoms with Crippen LogP contribution in [-0.2, 0) is 11.3 Å². The van der Waals surface area contributed by atoms with Crippen LogP contribution in [0.1, 0.15) is 23.1 Å². The highest BCUT2D eigenvalue weighted by Crippen LogP contribution is 2.34. The Morgan fingerprint density at radius 2 is 2.30 bits per heavy atom. The third-order valence-electron chi connectivity index (χ3n) is 3.40. The predicted molar refractivity (Wildman–Crippen MR) is 72.3 cm³/mol. The van der Waals surface area contributed by atoms with Gasteiger partial charge >= 0.3 is 0 Å². The van der Waals surface area contributed by atoms with Gasteiger partial charge in [0.1, 0.15) is 24.1 Å². The summed E-state index contributed by atoms with van der Waals surface area (Å²) in [6.07, 6.45) is 0. The van der Waals surface area contributed by atoms with Crippen molar-refractivity contribution < 1.29 is 9.53 Å². The molecule has 3 rings (SSSR count). The Morgan fingerprint density at radius 3 is 3.05 bits per heavy atom. The van der Waals surface area contributed by atoms with Gasteiger partial charge in [-0.05, 0) is 13.0 Å². The van der Waals surface area contributed by atoms with Crippen molar-refractivity contribution in [2.45, 2.75) is 19.4 Å². The number of aromatic nitrogens is 3. The topological polar surface area (TPSA) is 71.1 Å². The number of fused-ring (bicyclic) bond motifs is 1. The van der Waals surface area contributed by atoms with E-state index >= 15 is 0 Å². The minimum Gasteiger partial charge on any atom is -0.492 e. The molecule has 1 aliphatic rings. The van der Waals surface area contributed by atoms with Crippen LogP contribution < -0.4 is 4.74 Å². The lowest BCUT2D eigenvalue weighted by Gasteiger charge is -2.19.